The van der Waals surface area contributed by atoms with Crippen LogP contribution in [0.2, 0.25) is 5.02 Å². The highest BCUT2D eigenvalue weighted by atomic mass is 35.5. The molecule has 2 aromatic rings. The monoisotopic (exact) mass is 390 g/mol. The molecular formula is C19H19ClN2O3S. The Hall–Kier alpha value is -2.31. The van der Waals surface area contributed by atoms with E-state index in [4.69, 9.17) is 11.6 Å². The van der Waals surface area contributed by atoms with E-state index in [-0.39, 0.29) is 10.7 Å². The summed E-state index contributed by atoms with van der Waals surface area (Å²) in [6.45, 7) is 1.72. The van der Waals surface area contributed by atoms with Gasteiger partial charge >= 0.3 is 0 Å². The van der Waals surface area contributed by atoms with Gasteiger partial charge in [-0.25, -0.2) is 8.42 Å². The Morgan fingerprint density at radius 1 is 1.08 bits per heavy atom. The van der Waals surface area contributed by atoms with Crippen molar-refractivity contribution in [2.24, 2.45) is 0 Å². The smallest absolute Gasteiger partial charge is 0.264 e. The average Bonchev–Trinajstić information content (AvgIpc) is 2.59. The van der Waals surface area contributed by atoms with Crippen molar-refractivity contribution in [2.45, 2.75) is 17.9 Å². The Bertz CT molecular complexity index is 982. The van der Waals surface area contributed by atoms with Crippen LogP contribution in [0.15, 0.2) is 65.2 Å². The van der Waals surface area contributed by atoms with Crippen LogP contribution in [0.1, 0.15) is 17.3 Å². The van der Waals surface area contributed by atoms with Gasteiger partial charge in [-0.05, 0) is 43.3 Å². The van der Waals surface area contributed by atoms with E-state index in [2.05, 4.69) is 0 Å². The molecule has 26 heavy (non-hydrogen) atoms. The van der Waals surface area contributed by atoms with E-state index in [1.165, 1.54) is 28.6 Å². The molecular weight excluding hydrogens is 372 g/mol. The summed E-state index contributed by atoms with van der Waals surface area (Å²) in [4.78, 5) is 14.8. The van der Waals surface area contributed by atoms with Crippen molar-refractivity contribution < 1.29 is 13.2 Å². The second-order valence-corrected chi connectivity index (χ2v) is 8.58. The fourth-order valence-electron chi connectivity index (χ4n) is 3.04. The molecule has 0 N–H and O–H groups in total. The van der Waals surface area contributed by atoms with Crippen molar-refractivity contribution in [3.8, 4) is 0 Å². The van der Waals surface area contributed by atoms with Crippen LogP contribution < -0.4 is 4.31 Å². The number of anilines is 1. The molecule has 0 fully saturated rings. The highest BCUT2D eigenvalue weighted by Crippen LogP contribution is 2.37. The molecule has 1 heterocycles. The first kappa shape index (κ1) is 18.5. The van der Waals surface area contributed by atoms with Crippen molar-refractivity contribution in [3.05, 3.63) is 70.9 Å². The summed E-state index contributed by atoms with van der Waals surface area (Å²) in [5.41, 5.74) is 1.18. The molecule has 3 rings (SSSR count). The number of benzene rings is 2. The van der Waals surface area contributed by atoms with Crippen LogP contribution in [0, 0.1) is 0 Å². The summed E-state index contributed by atoms with van der Waals surface area (Å²) in [5, 5.41) is 0.458. The lowest BCUT2D eigenvalue weighted by molar-refractivity contribution is 0.102. The van der Waals surface area contributed by atoms with Crippen LogP contribution in [-0.4, -0.2) is 39.2 Å². The number of Topliss-reactive ketones (excluding diaryl/α,β-unsaturated/α-hetero) is 1. The molecule has 136 valence electrons. The molecule has 2 aromatic carbocycles. The summed E-state index contributed by atoms with van der Waals surface area (Å²) in [5.74, 6) is -0.163. The Kier molecular flexibility index (Phi) is 4.82. The number of hydrogen-bond donors (Lipinski definition) is 0. The summed E-state index contributed by atoms with van der Waals surface area (Å²) in [6.07, 6.45) is 1.67. The first-order valence-electron chi connectivity index (χ1n) is 8.05. The van der Waals surface area contributed by atoms with Crippen molar-refractivity contribution in [1.29, 1.82) is 0 Å². The third kappa shape index (κ3) is 3.10. The van der Waals surface area contributed by atoms with Crippen molar-refractivity contribution >= 4 is 33.1 Å². The van der Waals surface area contributed by atoms with Crippen molar-refractivity contribution in [3.63, 3.8) is 0 Å². The van der Waals surface area contributed by atoms with E-state index in [1.807, 2.05) is 0 Å². The summed E-state index contributed by atoms with van der Waals surface area (Å²) < 4.78 is 28.0. The van der Waals surface area contributed by atoms with Gasteiger partial charge in [0.05, 0.1) is 16.6 Å². The number of hydrogen-bond acceptors (Lipinski definition) is 4. The second-order valence-electron chi connectivity index (χ2n) is 6.33. The van der Waals surface area contributed by atoms with E-state index < -0.39 is 16.1 Å². The van der Waals surface area contributed by atoms with Crippen molar-refractivity contribution in [1.82, 2.24) is 4.90 Å². The Labute approximate surface area is 158 Å². The molecule has 0 saturated carbocycles. The SMILES string of the molecule is CC1C(=CN(C)C)C(=O)c2ccccc2N1S(=O)(=O)c1ccc(Cl)cc1. The fourth-order valence-corrected chi connectivity index (χ4v) is 4.82. The molecule has 1 aliphatic heterocycles. The molecule has 1 aliphatic rings. The normalized spacial score (nSPS) is 18.8. The molecule has 5 nitrogen and oxygen atoms in total. The number of para-hydroxylation sites is 1. The van der Waals surface area contributed by atoms with Gasteiger partial charge in [0.1, 0.15) is 0 Å². The minimum Gasteiger partial charge on any atom is -0.383 e. The molecule has 7 heteroatoms. The second kappa shape index (κ2) is 6.78. The maximum Gasteiger partial charge on any atom is 0.264 e. The topological polar surface area (TPSA) is 57.7 Å². The van der Waals surface area contributed by atoms with Crippen LogP contribution in [0.25, 0.3) is 0 Å². The maximum absolute atomic E-state index is 13.3. The summed E-state index contributed by atoms with van der Waals surface area (Å²) in [6, 6.07) is 12.1. The molecule has 0 bridgehead atoms. The highest BCUT2D eigenvalue weighted by molar-refractivity contribution is 7.92. The number of halogens is 1. The lowest BCUT2D eigenvalue weighted by atomic mass is 9.93. The largest absolute Gasteiger partial charge is 0.383 e. The molecule has 0 radical (unpaired) electrons. The first-order chi connectivity index (χ1) is 12.2. The molecule has 1 unspecified atom stereocenters. The van der Waals surface area contributed by atoms with Gasteiger partial charge in [0, 0.05) is 36.5 Å². The Balaban J connectivity index is 2.23. The zero-order valence-electron chi connectivity index (χ0n) is 14.7. The predicted octanol–water partition coefficient (Wildman–Crippen LogP) is 3.57. The zero-order chi connectivity index (χ0) is 19.1. The van der Waals surface area contributed by atoms with Gasteiger partial charge in [0.25, 0.3) is 10.0 Å². The number of carbonyl (C=O) groups is 1. The van der Waals surface area contributed by atoms with Crippen LogP contribution in [0.4, 0.5) is 5.69 Å². The molecule has 0 spiro atoms. The minimum atomic E-state index is -3.87. The van der Waals surface area contributed by atoms with E-state index in [1.54, 1.807) is 56.4 Å². The molecule has 0 saturated heterocycles. The molecule has 0 aliphatic carbocycles. The van der Waals surface area contributed by atoms with Gasteiger partial charge in [0.15, 0.2) is 5.78 Å². The summed E-state index contributed by atoms with van der Waals surface area (Å²) in [7, 11) is -0.276. The standard InChI is InChI=1S/C19H19ClN2O3S/c1-13-17(12-21(2)3)19(23)16-6-4-5-7-18(16)22(13)26(24,25)15-10-8-14(20)9-11-15/h4-13H,1-3H3. The van der Waals surface area contributed by atoms with Gasteiger partial charge in [-0.1, -0.05) is 23.7 Å². The Morgan fingerprint density at radius 3 is 2.31 bits per heavy atom. The predicted molar refractivity (Wildman–Crippen MR) is 103 cm³/mol. The van der Waals surface area contributed by atoms with Crippen LogP contribution >= 0.6 is 11.6 Å². The van der Waals surface area contributed by atoms with E-state index in [0.29, 0.717) is 21.8 Å². The third-order valence-corrected chi connectivity index (χ3v) is 6.37. The fraction of sp³-hybridized carbons (Fsp3) is 0.211. The lowest BCUT2D eigenvalue weighted by Gasteiger charge is -2.37. The van der Waals surface area contributed by atoms with E-state index in [9.17, 15) is 13.2 Å². The number of sulfonamides is 1. The molecule has 0 amide bonds. The molecule has 1 atom stereocenters. The third-order valence-electron chi connectivity index (χ3n) is 4.22. The first-order valence-corrected chi connectivity index (χ1v) is 9.87. The lowest BCUT2D eigenvalue weighted by Crippen LogP contribution is -2.45. The summed E-state index contributed by atoms with van der Waals surface area (Å²) >= 11 is 5.89. The van der Waals surface area contributed by atoms with Gasteiger partial charge < -0.3 is 4.90 Å². The number of carbonyl (C=O) groups excluding carboxylic acids is 1. The van der Waals surface area contributed by atoms with E-state index in [0.717, 1.165) is 0 Å². The maximum atomic E-state index is 13.3. The van der Waals surface area contributed by atoms with Gasteiger partial charge in [-0.15, -0.1) is 0 Å². The number of nitrogens with zero attached hydrogens (tertiary/aromatic N) is 2. The Morgan fingerprint density at radius 2 is 1.69 bits per heavy atom. The number of fused-ring (bicyclic) bond motifs is 1. The highest BCUT2D eigenvalue weighted by Gasteiger charge is 2.40. The van der Waals surface area contributed by atoms with Gasteiger partial charge in [0.2, 0.25) is 0 Å². The van der Waals surface area contributed by atoms with Crippen molar-refractivity contribution in [2.75, 3.05) is 18.4 Å². The van der Waals surface area contributed by atoms with Gasteiger partial charge in [-0.3, -0.25) is 9.10 Å². The average molecular weight is 391 g/mol. The number of ketones is 1. The van der Waals surface area contributed by atoms with Gasteiger partial charge in [-0.2, -0.15) is 0 Å². The quantitative estimate of drug-likeness (QED) is 0.752. The van der Waals surface area contributed by atoms with Crippen LogP contribution in [-0.2, 0) is 10.0 Å². The zero-order valence-corrected chi connectivity index (χ0v) is 16.3. The van der Waals surface area contributed by atoms with Crippen LogP contribution in [0.3, 0.4) is 0 Å². The molecule has 0 aromatic heterocycles. The van der Waals surface area contributed by atoms with E-state index >= 15 is 0 Å². The minimum absolute atomic E-state index is 0.127. The van der Waals surface area contributed by atoms with Crippen LogP contribution in [0.5, 0.6) is 0 Å². The number of rotatable bonds is 3.